The van der Waals surface area contributed by atoms with Crippen molar-refractivity contribution >= 4 is 17.7 Å². The number of amides is 1. The molecule has 1 amide bonds. The Bertz CT molecular complexity index is 217. The summed E-state index contributed by atoms with van der Waals surface area (Å²) in [5, 5.41) is 3.30. The van der Waals surface area contributed by atoms with Gasteiger partial charge in [0.2, 0.25) is 5.91 Å². The predicted molar refractivity (Wildman–Crippen MR) is 70.8 cm³/mol. The molecule has 1 heterocycles. The van der Waals surface area contributed by atoms with Crippen LogP contribution in [0.15, 0.2) is 0 Å². The van der Waals surface area contributed by atoms with E-state index in [2.05, 4.69) is 18.5 Å². The van der Waals surface area contributed by atoms with E-state index in [-0.39, 0.29) is 5.92 Å². The fraction of sp³-hybridized carbons (Fsp3) is 0.917. The number of hydrogen-bond acceptors (Lipinski definition) is 3. The topological polar surface area (TPSA) is 32.3 Å². The lowest BCUT2D eigenvalue weighted by Crippen LogP contribution is -2.43. The van der Waals surface area contributed by atoms with Crippen LogP contribution in [0.5, 0.6) is 0 Å². The van der Waals surface area contributed by atoms with Crippen molar-refractivity contribution in [2.75, 3.05) is 32.1 Å². The van der Waals surface area contributed by atoms with E-state index in [1.807, 2.05) is 23.7 Å². The molecule has 0 saturated carbocycles. The number of hydrogen-bond donors (Lipinski definition) is 1. The maximum atomic E-state index is 12.2. The van der Waals surface area contributed by atoms with E-state index in [1.54, 1.807) is 0 Å². The highest BCUT2D eigenvalue weighted by Crippen LogP contribution is 2.17. The Hall–Kier alpha value is -0.220. The van der Waals surface area contributed by atoms with Crippen molar-refractivity contribution in [3.05, 3.63) is 0 Å². The quantitative estimate of drug-likeness (QED) is 0.797. The molecule has 4 heteroatoms. The molecule has 1 unspecified atom stereocenters. The first-order valence-corrected chi connectivity index (χ1v) is 7.52. The average molecular weight is 244 g/mol. The van der Waals surface area contributed by atoms with Crippen molar-refractivity contribution in [2.45, 2.75) is 32.2 Å². The van der Waals surface area contributed by atoms with Crippen molar-refractivity contribution in [2.24, 2.45) is 5.92 Å². The van der Waals surface area contributed by atoms with Gasteiger partial charge >= 0.3 is 0 Å². The molecule has 0 aromatic heterocycles. The first kappa shape index (κ1) is 13.8. The Morgan fingerprint density at radius 3 is 2.69 bits per heavy atom. The molecular weight excluding hydrogens is 220 g/mol. The molecule has 16 heavy (non-hydrogen) atoms. The van der Waals surface area contributed by atoms with E-state index in [1.165, 1.54) is 0 Å². The number of nitrogens with one attached hydrogen (secondary N) is 1. The van der Waals surface area contributed by atoms with Crippen LogP contribution in [0.2, 0.25) is 0 Å². The maximum Gasteiger partial charge on any atom is 0.225 e. The molecule has 1 saturated heterocycles. The minimum absolute atomic E-state index is 0.253. The Labute approximate surface area is 103 Å². The van der Waals surface area contributed by atoms with E-state index >= 15 is 0 Å². The molecule has 1 atom stereocenters. The van der Waals surface area contributed by atoms with E-state index in [4.69, 9.17) is 0 Å². The van der Waals surface area contributed by atoms with E-state index < -0.39 is 0 Å². The Morgan fingerprint density at radius 2 is 2.12 bits per heavy atom. The summed E-state index contributed by atoms with van der Waals surface area (Å²) in [7, 11) is 1.95. The molecule has 0 radical (unpaired) electrons. The fourth-order valence-corrected chi connectivity index (χ4v) is 2.63. The van der Waals surface area contributed by atoms with Crippen LogP contribution >= 0.6 is 11.8 Å². The van der Waals surface area contributed by atoms with E-state index in [0.29, 0.717) is 11.9 Å². The lowest BCUT2D eigenvalue weighted by atomic mass is 9.96. The van der Waals surface area contributed by atoms with Gasteiger partial charge in [0.25, 0.3) is 0 Å². The largest absolute Gasteiger partial charge is 0.343 e. The minimum atomic E-state index is 0.253. The minimum Gasteiger partial charge on any atom is -0.343 e. The number of thioether (sulfide) groups is 1. The first-order chi connectivity index (χ1) is 7.66. The van der Waals surface area contributed by atoms with Crippen LogP contribution in [-0.4, -0.2) is 49.0 Å². The third kappa shape index (κ3) is 3.98. The third-order valence-electron chi connectivity index (χ3n) is 3.44. The standard InChI is InChI=1S/C12H24N2OS/c1-10(6-9-16-3)14(2)12(15)11-4-7-13-8-5-11/h10-11,13H,4-9H2,1-3H3. The van der Waals surface area contributed by atoms with Crippen LogP contribution in [-0.2, 0) is 4.79 Å². The monoisotopic (exact) mass is 244 g/mol. The van der Waals surface area contributed by atoms with Crippen molar-refractivity contribution in [1.82, 2.24) is 10.2 Å². The second kappa shape index (κ2) is 7.17. The molecule has 0 aliphatic carbocycles. The van der Waals surface area contributed by atoms with Gasteiger partial charge in [-0.2, -0.15) is 11.8 Å². The zero-order valence-corrected chi connectivity index (χ0v) is 11.5. The van der Waals surface area contributed by atoms with Crippen LogP contribution in [0.1, 0.15) is 26.2 Å². The van der Waals surface area contributed by atoms with Crippen molar-refractivity contribution < 1.29 is 4.79 Å². The molecule has 3 nitrogen and oxygen atoms in total. The highest BCUT2D eigenvalue weighted by Gasteiger charge is 2.25. The average Bonchev–Trinajstić information content (AvgIpc) is 2.35. The molecular formula is C12H24N2OS. The lowest BCUT2D eigenvalue weighted by molar-refractivity contribution is -0.136. The van der Waals surface area contributed by atoms with Gasteiger partial charge < -0.3 is 10.2 Å². The van der Waals surface area contributed by atoms with Gasteiger partial charge in [0, 0.05) is 19.0 Å². The highest BCUT2D eigenvalue weighted by molar-refractivity contribution is 7.98. The molecule has 0 aromatic rings. The fourth-order valence-electron chi connectivity index (χ4n) is 2.06. The number of carbonyl (C=O) groups is 1. The van der Waals surface area contributed by atoms with Crippen LogP contribution in [0, 0.1) is 5.92 Å². The Balaban J connectivity index is 2.38. The van der Waals surface area contributed by atoms with Gasteiger partial charge in [-0.15, -0.1) is 0 Å². The SMILES string of the molecule is CSCCC(C)N(C)C(=O)C1CCNCC1. The van der Waals surface area contributed by atoms with Gasteiger partial charge in [0.05, 0.1) is 0 Å². The molecule has 1 aliphatic heterocycles. The normalized spacial score (nSPS) is 19.4. The van der Waals surface area contributed by atoms with E-state index in [9.17, 15) is 4.79 Å². The number of carbonyl (C=O) groups excluding carboxylic acids is 1. The van der Waals surface area contributed by atoms with Crippen LogP contribution in [0.3, 0.4) is 0 Å². The molecule has 1 rings (SSSR count). The summed E-state index contributed by atoms with van der Waals surface area (Å²) >= 11 is 1.85. The van der Waals surface area contributed by atoms with E-state index in [0.717, 1.165) is 38.1 Å². The van der Waals surface area contributed by atoms with Gasteiger partial charge in [-0.25, -0.2) is 0 Å². The predicted octanol–water partition coefficient (Wildman–Crippen LogP) is 1.59. The summed E-state index contributed by atoms with van der Waals surface area (Å²) in [5.74, 6) is 1.73. The van der Waals surface area contributed by atoms with Gasteiger partial charge in [-0.1, -0.05) is 0 Å². The number of nitrogens with zero attached hydrogens (tertiary/aromatic N) is 1. The summed E-state index contributed by atoms with van der Waals surface area (Å²) in [4.78, 5) is 14.1. The van der Waals surface area contributed by atoms with Crippen molar-refractivity contribution in [3.63, 3.8) is 0 Å². The molecule has 0 aromatic carbocycles. The Morgan fingerprint density at radius 1 is 1.50 bits per heavy atom. The first-order valence-electron chi connectivity index (χ1n) is 6.13. The molecule has 0 spiro atoms. The van der Waals surface area contributed by atoms with Gasteiger partial charge in [-0.05, 0) is 51.3 Å². The summed E-state index contributed by atoms with van der Waals surface area (Å²) in [5.41, 5.74) is 0. The zero-order chi connectivity index (χ0) is 12.0. The van der Waals surface area contributed by atoms with Gasteiger partial charge in [0.1, 0.15) is 0 Å². The second-order valence-electron chi connectivity index (χ2n) is 4.60. The lowest BCUT2D eigenvalue weighted by Gasteiger charge is -2.31. The van der Waals surface area contributed by atoms with Gasteiger partial charge in [-0.3, -0.25) is 4.79 Å². The third-order valence-corrected chi connectivity index (χ3v) is 4.08. The summed E-state index contributed by atoms with van der Waals surface area (Å²) in [6.07, 6.45) is 5.20. The zero-order valence-electron chi connectivity index (χ0n) is 10.7. The summed E-state index contributed by atoms with van der Waals surface area (Å²) in [6, 6.07) is 0.370. The number of rotatable bonds is 5. The van der Waals surface area contributed by atoms with Crippen molar-refractivity contribution in [3.8, 4) is 0 Å². The smallest absolute Gasteiger partial charge is 0.225 e. The molecule has 1 N–H and O–H groups in total. The molecule has 1 aliphatic rings. The highest BCUT2D eigenvalue weighted by atomic mass is 32.2. The Kier molecular flexibility index (Phi) is 6.21. The van der Waals surface area contributed by atoms with Gasteiger partial charge in [0.15, 0.2) is 0 Å². The molecule has 94 valence electrons. The van der Waals surface area contributed by atoms with Crippen LogP contribution < -0.4 is 5.32 Å². The maximum absolute atomic E-state index is 12.2. The second-order valence-corrected chi connectivity index (χ2v) is 5.59. The summed E-state index contributed by atoms with van der Waals surface area (Å²) in [6.45, 7) is 4.13. The molecule has 0 bridgehead atoms. The number of piperidine rings is 1. The van der Waals surface area contributed by atoms with Crippen LogP contribution in [0.4, 0.5) is 0 Å². The van der Waals surface area contributed by atoms with Crippen molar-refractivity contribution in [1.29, 1.82) is 0 Å². The van der Waals surface area contributed by atoms with Crippen LogP contribution in [0.25, 0.3) is 0 Å². The molecule has 1 fully saturated rings. The summed E-state index contributed by atoms with van der Waals surface area (Å²) < 4.78 is 0.